The molecule has 3 heterocycles. The molecule has 0 aliphatic rings. The van der Waals surface area contributed by atoms with Crippen LogP contribution < -0.4 is 11.1 Å². The van der Waals surface area contributed by atoms with Gasteiger partial charge in [0.1, 0.15) is 5.15 Å². The number of nitrogens with one attached hydrogen (secondary N) is 1. The van der Waals surface area contributed by atoms with E-state index < -0.39 is 0 Å². The Bertz CT molecular complexity index is 909. The Labute approximate surface area is 159 Å². The second kappa shape index (κ2) is 7.53. The Kier molecular flexibility index (Phi) is 5.39. The molecule has 3 N–H and O–H groups in total. The van der Waals surface area contributed by atoms with Gasteiger partial charge in [0.2, 0.25) is 5.95 Å². The summed E-state index contributed by atoms with van der Waals surface area (Å²) in [5.74, 6) is 0.868. The molecule has 3 aromatic rings. The van der Waals surface area contributed by atoms with Crippen molar-refractivity contribution in [3.8, 4) is 0 Å². The number of hydrogen-bond donors (Lipinski definition) is 2. The molecule has 0 bridgehead atoms. The summed E-state index contributed by atoms with van der Waals surface area (Å²) >= 11 is 9.43. The summed E-state index contributed by atoms with van der Waals surface area (Å²) in [4.78, 5) is 17.6. The molecule has 0 atom stereocenters. The summed E-state index contributed by atoms with van der Waals surface area (Å²) in [6, 6.07) is 3.73. The van der Waals surface area contributed by atoms with Crippen LogP contribution >= 0.6 is 27.5 Å². The Hall–Kier alpha value is -1.93. The number of halogens is 2. The lowest BCUT2D eigenvalue weighted by atomic mass is 10.2. The van der Waals surface area contributed by atoms with E-state index in [1.54, 1.807) is 6.07 Å². The average molecular weight is 425 g/mol. The minimum atomic E-state index is 0.356. The quantitative estimate of drug-likeness (QED) is 0.355. The normalized spacial score (nSPS) is 11.2. The lowest BCUT2D eigenvalue weighted by Gasteiger charge is -2.10. The van der Waals surface area contributed by atoms with Crippen LogP contribution in [0.4, 0.5) is 11.8 Å². The number of nitrogens with zero attached hydrogens (tertiary/aromatic N) is 5. The van der Waals surface area contributed by atoms with Gasteiger partial charge in [0, 0.05) is 12.2 Å². The second-order valence-electron chi connectivity index (χ2n) is 5.73. The van der Waals surface area contributed by atoms with Crippen LogP contribution in [0, 0.1) is 6.92 Å². The fourth-order valence-corrected chi connectivity index (χ4v) is 3.15. The molecule has 25 heavy (non-hydrogen) atoms. The van der Waals surface area contributed by atoms with Crippen LogP contribution in [-0.2, 0) is 6.54 Å². The fourth-order valence-electron chi connectivity index (χ4n) is 2.49. The lowest BCUT2D eigenvalue weighted by Crippen LogP contribution is -2.09. The van der Waals surface area contributed by atoms with Gasteiger partial charge in [-0.25, -0.2) is 9.97 Å². The van der Waals surface area contributed by atoms with Crippen molar-refractivity contribution in [2.75, 3.05) is 17.6 Å². The van der Waals surface area contributed by atoms with Crippen molar-refractivity contribution in [3.63, 3.8) is 0 Å². The number of aromatic nitrogens is 5. The number of rotatable bonds is 6. The monoisotopic (exact) mass is 423 g/mol. The summed E-state index contributed by atoms with van der Waals surface area (Å²) in [6.07, 6.45) is 2.14. The fraction of sp³-hybridized carbons (Fsp3) is 0.375. The van der Waals surface area contributed by atoms with Crippen LogP contribution in [0.1, 0.15) is 31.0 Å². The Morgan fingerprint density at radius 1 is 1.24 bits per heavy atom. The third kappa shape index (κ3) is 3.85. The van der Waals surface area contributed by atoms with Crippen LogP contribution in [0.3, 0.4) is 0 Å². The highest BCUT2D eigenvalue weighted by Gasteiger charge is 2.16. The van der Waals surface area contributed by atoms with Gasteiger partial charge >= 0.3 is 0 Å². The number of pyridine rings is 1. The molecule has 0 aliphatic carbocycles. The van der Waals surface area contributed by atoms with Gasteiger partial charge in [0.25, 0.3) is 0 Å². The average Bonchev–Trinajstić information content (AvgIpc) is 2.87. The first-order valence-corrected chi connectivity index (χ1v) is 9.21. The minimum absolute atomic E-state index is 0.356. The summed E-state index contributed by atoms with van der Waals surface area (Å²) in [7, 11) is 0. The highest BCUT2D eigenvalue weighted by Crippen LogP contribution is 2.25. The van der Waals surface area contributed by atoms with Crippen LogP contribution in [0.15, 0.2) is 16.9 Å². The first-order valence-electron chi connectivity index (χ1n) is 8.04. The van der Waals surface area contributed by atoms with E-state index in [4.69, 9.17) is 17.3 Å². The van der Waals surface area contributed by atoms with E-state index in [1.165, 1.54) is 0 Å². The van der Waals surface area contributed by atoms with Crippen molar-refractivity contribution in [2.24, 2.45) is 0 Å². The van der Waals surface area contributed by atoms with Gasteiger partial charge in [0.05, 0.1) is 6.54 Å². The van der Waals surface area contributed by atoms with Crippen LogP contribution in [-0.4, -0.2) is 31.0 Å². The summed E-state index contributed by atoms with van der Waals surface area (Å²) in [5.41, 5.74) is 9.21. The third-order valence-electron chi connectivity index (χ3n) is 3.88. The zero-order valence-corrected chi connectivity index (χ0v) is 16.4. The molecule has 3 rings (SSSR count). The number of aryl methyl sites for hydroxylation is 1. The molecule has 9 heteroatoms. The molecule has 0 unspecified atom stereocenters. The van der Waals surface area contributed by atoms with Crippen molar-refractivity contribution in [1.29, 1.82) is 0 Å². The number of anilines is 2. The smallest absolute Gasteiger partial charge is 0.226 e. The van der Waals surface area contributed by atoms with Crippen LogP contribution in [0.25, 0.3) is 11.2 Å². The highest BCUT2D eigenvalue weighted by atomic mass is 79.9. The van der Waals surface area contributed by atoms with Gasteiger partial charge in [0.15, 0.2) is 21.7 Å². The molecule has 0 saturated carbocycles. The van der Waals surface area contributed by atoms with E-state index in [9.17, 15) is 0 Å². The number of hydrogen-bond acceptors (Lipinski definition) is 6. The van der Waals surface area contributed by atoms with Crippen LogP contribution in [0.5, 0.6) is 0 Å². The van der Waals surface area contributed by atoms with Crippen molar-refractivity contribution in [1.82, 2.24) is 24.5 Å². The maximum absolute atomic E-state index is 6.07. The first kappa shape index (κ1) is 17.9. The number of nitrogen functional groups attached to an aromatic ring is 1. The molecule has 132 valence electrons. The van der Waals surface area contributed by atoms with Gasteiger partial charge in [-0.2, -0.15) is 9.97 Å². The van der Waals surface area contributed by atoms with Gasteiger partial charge in [-0.05, 0) is 40.9 Å². The standard InChI is InChI=1S/C16H19BrClN7/c1-3-4-7-20-16-23-13(19)12-14(24-16)25(15(17)22-12)8-10-5-6-11(18)21-9(10)2/h5-6H,3-4,7-8H2,1-2H3,(H3,19,20,23,24). The van der Waals surface area contributed by atoms with E-state index >= 15 is 0 Å². The number of unbranched alkanes of at least 4 members (excludes halogenated alkanes) is 1. The summed E-state index contributed by atoms with van der Waals surface area (Å²) < 4.78 is 2.58. The van der Waals surface area contributed by atoms with E-state index in [0.29, 0.717) is 39.4 Å². The number of nitrogens with two attached hydrogens (primary N) is 1. The predicted octanol–water partition coefficient (Wildman–Crippen LogP) is 3.79. The maximum atomic E-state index is 6.07. The Morgan fingerprint density at radius 3 is 2.76 bits per heavy atom. The molecular formula is C16H19BrClN7. The van der Waals surface area contributed by atoms with Gasteiger partial charge in [-0.15, -0.1) is 0 Å². The molecule has 0 aliphatic heterocycles. The van der Waals surface area contributed by atoms with Crippen LogP contribution in [0.2, 0.25) is 5.15 Å². The Balaban J connectivity index is 2.00. The van der Waals surface area contributed by atoms with Crippen molar-refractivity contribution >= 4 is 50.5 Å². The first-order chi connectivity index (χ1) is 12.0. The Morgan fingerprint density at radius 2 is 2.04 bits per heavy atom. The SMILES string of the molecule is CCCCNc1nc(N)c2nc(Br)n(Cc3ccc(Cl)nc3C)c2n1. The zero-order chi connectivity index (χ0) is 18.0. The minimum Gasteiger partial charge on any atom is -0.382 e. The van der Waals surface area contributed by atoms with Gasteiger partial charge < -0.3 is 11.1 Å². The molecule has 0 saturated heterocycles. The van der Waals surface area contributed by atoms with Crippen molar-refractivity contribution in [3.05, 3.63) is 33.3 Å². The number of fused-ring (bicyclic) bond motifs is 1. The molecule has 0 amide bonds. The van der Waals surface area contributed by atoms with Crippen molar-refractivity contribution < 1.29 is 0 Å². The summed E-state index contributed by atoms with van der Waals surface area (Å²) in [6.45, 7) is 5.42. The molecule has 0 radical (unpaired) electrons. The third-order valence-corrected chi connectivity index (χ3v) is 4.69. The molecule has 3 aromatic heterocycles. The van der Waals surface area contributed by atoms with E-state index in [2.05, 4.69) is 48.1 Å². The lowest BCUT2D eigenvalue weighted by molar-refractivity contribution is 0.778. The topological polar surface area (TPSA) is 94.5 Å². The molecule has 0 aromatic carbocycles. The molecular weight excluding hydrogens is 406 g/mol. The zero-order valence-electron chi connectivity index (χ0n) is 14.1. The second-order valence-corrected chi connectivity index (χ2v) is 6.83. The maximum Gasteiger partial charge on any atom is 0.226 e. The highest BCUT2D eigenvalue weighted by molar-refractivity contribution is 9.10. The van der Waals surface area contributed by atoms with E-state index in [-0.39, 0.29) is 0 Å². The predicted molar refractivity (Wildman–Crippen MR) is 104 cm³/mol. The molecule has 0 spiro atoms. The largest absolute Gasteiger partial charge is 0.382 e. The molecule has 0 fully saturated rings. The van der Waals surface area contributed by atoms with Crippen molar-refractivity contribution in [2.45, 2.75) is 33.2 Å². The van der Waals surface area contributed by atoms with E-state index in [0.717, 1.165) is 30.6 Å². The number of imidazole rings is 1. The van der Waals surface area contributed by atoms with E-state index in [1.807, 2.05) is 17.6 Å². The molecule has 7 nitrogen and oxygen atoms in total. The van der Waals surface area contributed by atoms with Gasteiger partial charge in [-0.3, -0.25) is 4.57 Å². The summed E-state index contributed by atoms with van der Waals surface area (Å²) in [5, 5.41) is 3.69. The van der Waals surface area contributed by atoms with Gasteiger partial charge in [-0.1, -0.05) is 31.0 Å².